The van der Waals surface area contributed by atoms with E-state index in [2.05, 4.69) is 15.3 Å². The minimum Gasteiger partial charge on any atom is -0.354 e. The van der Waals surface area contributed by atoms with E-state index in [1.165, 1.54) is 4.68 Å². The Hall–Kier alpha value is -1.37. The third-order valence-electron chi connectivity index (χ3n) is 6.61. The van der Waals surface area contributed by atoms with Gasteiger partial charge >= 0.3 is 6.18 Å². The molecule has 0 unspecified atom stereocenters. The molecule has 3 aliphatic rings. The molecule has 0 bridgehead atoms. The van der Waals surface area contributed by atoms with Gasteiger partial charge in [0.2, 0.25) is 5.91 Å². The molecule has 1 amide bonds. The Kier molecular flexibility index (Phi) is 11.1. The number of carbonyl (C=O) groups excluding carboxylic acids is 1. The summed E-state index contributed by atoms with van der Waals surface area (Å²) in [6.45, 7) is 4.25. The fraction of sp³-hybridized carbons (Fsp3) is 0.545. The second kappa shape index (κ2) is 12.9. The highest BCUT2D eigenvalue weighted by Crippen LogP contribution is 2.33. The number of carbonyl (C=O) groups is 1. The van der Waals surface area contributed by atoms with Crippen LogP contribution >= 0.6 is 49.0 Å². The first kappa shape index (κ1) is 30.9. The van der Waals surface area contributed by atoms with Crippen molar-refractivity contribution < 1.29 is 18.0 Å². The van der Waals surface area contributed by atoms with Crippen molar-refractivity contribution >= 4 is 60.7 Å². The van der Waals surface area contributed by atoms with E-state index >= 15 is 0 Å². The smallest absolute Gasteiger partial charge is 0.354 e. The summed E-state index contributed by atoms with van der Waals surface area (Å²) in [5, 5.41) is 7.25. The number of nitrogens with one attached hydrogen (secondary N) is 1. The van der Waals surface area contributed by atoms with Gasteiger partial charge in [-0.1, -0.05) is 18.2 Å². The number of hydrogen-bond donors (Lipinski definition) is 1. The highest BCUT2D eigenvalue weighted by Gasteiger charge is 2.38. The molecule has 0 saturated carbocycles. The topological polar surface area (TPSA) is 56.6 Å². The number of benzene rings is 1. The molecule has 0 spiro atoms. The predicted octanol–water partition coefficient (Wildman–Crippen LogP) is 3.54. The third-order valence-corrected chi connectivity index (χ3v) is 7.57. The first-order valence-electron chi connectivity index (χ1n) is 11.2. The van der Waals surface area contributed by atoms with Crippen molar-refractivity contribution in [3.63, 3.8) is 0 Å². The maximum absolute atomic E-state index is 13.4. The lowest BCUT2D eigenvalue weighted by molar-refractivity contribution is -0.141. The average molecular weight is 590 g/mol. The van der Waals surface area contributed by atoms with Gasteiger partial charge < -0.3 is 15.1 Å². The van der Waals surface area contributed by atoms with Crippen molar-refractivity contribution in [1.82, 2.24) is 24.9 Å². The summed E-state index contributed by atoms with van der Waals surface area (Å²) in [6, 6.07) is 10.2. The molecule has 2 atom stereocenters. The van der Waals surface area contributed by atoms with Crippen LogP contribution in [0.15, 0.2) is 36.4 Å². The lowest BCUT2D eigenvalue weighted by atomic mass is 10.1. The van der Waals surface area contributed by atoms with E-state index in [1.807, 2.05) is 15.9 Å². The summed E-state index contributed by atoms with van der Waals surface area (Å²) in [6.07, 6.45) is -3.72. The van der Waals surface area contributed by atoms with Crippen molar-refractivity contribution in [2.75, 3.05) is 55.8 Å². The van der Waals surface area contributed by atoms with Crippen molar-refractivity contribution in [3.8, 4) is 5.69 Å². The number of aromatic nitrogens is 2. The van der Waals surface area contributed by atoms with Crippen LogP contribution in [0.25, 0.3) is 5.69 Å². The number of thioether (sulfide) groups is 1. The second-order valence-electron chi connectivity index (χ2n) is 8.65. The molecule has 5 rings (SSSR count). The largest absolute Gasteiger partial charge is 0.435 e. The Labute approximate surface area is 231 Å². The van der Waals surface area contributed by atoms with Crippen LogP contribution < -0.4 is 10.2 Å². The van der Waals surface area contributed by atoms with E-state index in [9.17, 15) is 18.0 Å². The molecule has 36 heavy (non-hydrogen) atoms. The van der Waals surface area contributed by atoms with E-state index in [0.29, 0.717) is 24.6 Å². The fourth-order valence-electron chi connectivity index (χ4n) is 4.80. The summed E-state index contributed by atoms with van der Waals surface area (Å²) >= 11 is 1.78. The number of hydrogen-bond acceptors (Lipinski definition) is 6. The molecule has 0 radical (unpaired) electrons. The molecule has 14 heteroatoms. The third kappa shape index (κ3) is 6.54. The first-order valence-corrected chi connectivity index (χ1v) is 12.4. The van der Waals surface area contributed by atoms with Gasteiger partial charge in [-0.05, 0) is 18.6 Å². The van der Waals surface area contributed by atoms with E-state index < -0.39 is 11.9 Å². The van der Waals surface area contributed by atoms with Gasteiger partial charge in [0, 0.05) is 57.1 Å². The molecule has 3 aliphatic heterocycles. The Morgan fingerprint density at radius 2 is 1.72 bits per heavy atom. The van der Waals surface area contributed by atoms with Crippen molar-refractivity contribution in [2.45, 2.75) is 24.7 Å². The molecule has 3 fully saturated rings. The highest BCUT2D eigenvalue weighted by atomic mass is 35.5. The number of amides is 1. The summed E-state index contributed by atoms with van der Waals surface area (Å²) in [4.78, 5) is 18.9. The lowest BCUT2D eigenvalue weighted by Crippen LogP contribution is -2.51. The summed E-state index contributed by atoms with van der Waals surface area (Å²) in [5.41, 5.74) is -0.281. The number of alkyl halides is 3. The summed E-state index contributed by atoms with van der Waals surface area (Å²) < 4.78 is 41.6. The zero-order valence-electron chi connectivity index (χ0n) is 19.4. The molecule has 1 N–H and O–H groups in total. The number of anilines is 1. The molecule has 202 valence electrons. The van der Waals surface area contributed by atoms with Crippen LogP contribution in [0.4, 0.5) is 19.0 Å². The molecule has 0 aliphatic carbocycles. The molecular formula is C22H30Cl3F3N6OS. The van der Waals surface area contributed by atoms with Crippen LogP contribution in [0.3, 0.4) is 0 Å². The Morgan fingerprint density at radius 3 is 2.33 bits per heavy atom. The Bertz CT molecular complexity index is 985. The minimum absolute atomic E-state index is 0. The standard InChI is InChI=1S/C22H27F3N6OS.3ClH/c23-22(24,25)19-13-20(31(27-19)16-4-2-1-3-5-16)29-8-6-28(7-9-29)17-12-18(26-14-17)21(32)30-10-11-33-15-30;;;/h1-5,13,17-18,26H,6-12,14-15H2;3*1H/t17-,18-;;;/m0.../s1. The predicted molar refractivity (Wildman–Crippen MR) is 143 cm³/mol. The number of para-hydroxylation sites is 1. The zero-order valence-corrected chi connectivity index (χ0v) is 22.7. The van der Waals surface area contributed by atoms with Crippen LogP contribution in [-0.4, -0.2) is 88.5 Å². The van der Waals surface area contributed by atoms with Gasteiger partial charge in [-0.2, -0.15) is 18.3 Å². The minimum atomic E-state index is -4.50. The Balaban J connectivity index is 0.00000152. The van der Waals surface area contributed by atoms with Crippen LogP contribution in [0.1, 0.15) is 12.1 Å². The van der Waals surface area contributed by atoms with Gasteiger partial charge in [-0.25, -0.2) is 4.68 Å². The maximum atomic E-state index is 13.4. The number of piperazine rings is 1. The van der Waals surface area contributed by atoms with E-state index in [1.54, 1.807) is 36.0 Å². The van der Waals surface area contributed by atoms with Crippen molar-refractivity contribution in [3.05, 3.63) is 42.1 Å². The van der Waals surface area contributed by atoms with Crippen molar-refractivity contribution in [1.29, 1.82) is 0 Å². The van der Waals surface area contributed by atoms with Crippen LogP contribution in [-0.2, 0) is 11.0 Å². The normalized spacial score (nSPS) is 22.5. The number of nitrogens with zero attached hydrogens (tertiary/aromatic N) is 5. The molecule has 1 aromatic carbocycles. The van der Waals surface area contributed by atoms with Gasteiger partial charge in [0.25, 0.3) is 0 Å². The van der Waals surface area contributed by atoms with Gasteiger partial charge in [-0.3, -0.25) is 9.69 Å². The fourth-order valence-corrected chi connectivity index (χ4v) is 5.76. The molecule has 7 nitrogen and oxygen atoms in total. The van der Waals surface area contributed by atoms with Gasteiger partial charge in [0.1, 0.15) is 5.82 Å². The average Bonchev–Trinajstić information content (AvgIpc) is 3.60. The molecular weight excluding hydrogens is 560 g/mol. The van der Waals surface area contributed by atoms with Gasteiger partial charge in [-0.15, -0.1) is 49.0 Å². The molecule has 4 heterocycles. The van der Waals surface area contributed by atoms with E-state index in [0.717, 1.165) is 50.3 Å². The highest BCUT2D eigenvalue weighted by molar-refractivity contribution is 7.99. The Morgan fingerprint density at radius 1 is 1.03 bits per heavy atom. The second-order valence-corrected chi connectivity index (χ2v) is 9.72. The molecule has 1 aromatic heterocycles. The van der Waals surface area contributed by atoms with E-state index in [-0.39, 0.29) is 55.2 Å². The van der Waals surface area contributed by atoms with Gasteiger partial charge in [0.05, 0.1) is 17.6 Å². The summed E-state index contributed by atoms with van der Waals surface area (Å²) in [5.74, 6) is 2.42. The number of rotatable bonds is 4. The maximum Gasteiger partial charge on any atom is 0.435 e. The quantitative estimate of drug-likeness (QED) is 0.589. The molecule has 2 aromatic rings. The van der Waals surface area contributed by atoms with E-state index in [4.69, 9.17) is 0 Å². The molecule has 3 saturated heterocycles. The SMILES string of the molecule is Cl.Cl.Cl.O=C([C@@H]1C[C@H](N2CCN(c3cc(C(F)(F)F)nn3-c3ccccc3)CC2)CN1)N1CCSC1. The lowest BCUT2D eigenvalue weighted by Gasteiger charge is -2.38. The van der Waals surface area contributed by atoms with Crippen LogP contribution in [0, 0.1) is 0 Å². The first-order chi connectivity index (χ1) is 15.9. The van der Waals surface area contributed by atoms with Gasteiger partial charge in [0.15, 0.2) is 5.69 Å². The summed E-state index contributed by atoms with van der Waals surface area (Å²) in [7, 11) is 0. The van der Waals surface area contributed by atoms with Crippen LogP contribution in [0.5, 0.6) is 0 Å². The van der Waals surface area contributed by atoms with Crippen LogP contribution in [0.2, 0.25) is 0 Å². The monoisotopic (exact) mass is 588 g/mol. The zero-order chi connectivity index (χ0) is 23.0. The van der Waals surface area contributed by atoms with Crippen molar-refractivity contribution in [2.24, 2.45) is 0 Å². The number of halogens is 6.